The number of hydrazone groups is 1. The second kappa shape index (κ2) is 6.74. The average Bonchev–Trinajstić information content (AvgIpc) is 3.33. The lowest BCUT2D eigenvalue weighted by atomic mass is 10.1. The summed E-state index contributed by atoms with van der Waals surface area (Å²) in [5, 5.41) is 5.80. The Morgan fingerprint density at radius 3 is 2.67 bits per heavy atom. The first-order chi connectivity index (χ1) is 11.6. The topological polar surface area (TPSA) is 79.3 Å². The molecule has 0 fully saturated rings. The molecule has 24 heavy (non-hydrogen) atoms. The maximum Gasteiger partial charge on any atom is 0.262 e. The third-order valence-corrected chi connectivity index (χ3v) is 3.94. The second-order valence-corrected chi connectivity index (χ2v) is 5.60. The van der Waals surface area contributed by atoms with Gasteiger partial charge in [-0.3, -0.25) is 9.59 Å². The van der Waals surface area contributed by atoms with Crippen molar-refractivity contribution < 1.29 is 18.4 Å². The minimum atomic E-state index is -0.335. The Morgan fingerprint density at radius 1 is 1.29 bits per heavy atom. The van der Waals surface area contributed by atoms with Crippen LogP contribution < -0.4 is 0 Å². The van der Waals surface area contributed by atoms with E-state index in [0.29, 0.717) is 30.1 Å². The third-order valence-electron chi connectivity index (χ3n) is 3.94. The lowest BCUT2D eigenvalue weighted by Crippen LogP contribution is -2.38. The van der Waals surface area contributed by atoms with Crippen LogP contribution in [0.4, 0.5) is 0 Å². The van der Waals surface area contributed by atoms with Crippen LogP contribution in [0, 0.1) is 0 Å². The van der Waals surface area contributed by atoms with Crippen molar-refractivity contribution in [2.45, 2.75) is 25.8 Å². The van der Waals surface area contributed by atoms with Gasteiger partial charge in [-0.2, -0.15) is 5.10 Å². The molecule has 1 aliphatic rings. The van der Waals surface area contributed by atoms with Crippen LogP contribution >= 0.6 is 0 Å². The molecule has 0 unspecified atom stereocenters. The summed E-state index contributed by atoms with van der Waals surface area (Å²) in [6, 6.07) is 6.83. The summed E-state index contributed by atoms with van der Waals surface area (Å²) in [5.74, 6) is 0.924. The first-order valence-corrected chi connectivity index (χ1v) is 7.81. The van der Waals surface area contributed by atoms with Crippen molar-refractivity contribution in [1.82, 2.24) is 9.91 Å². The second-order valence-electron chi connectivity index (χ2n) is 5.60. The average molecular weight is 329 g/mol. The van der Waals surface area contributed by atoms with E-state index in [0.717, 1.165) is 0 Å². The number of hydrogen-bond donors (Lipinski definition) is 0. The Balaban J connectivity index is 1.83. The highest BCUT2D eigenvalue weighted by molar-refractivity contribution is 6.01. The number of carbonyl (C=O) groups is 2. The molecule has 126 valence electrons. The largest absolute Gasteiger partial charge is 0.467 e. The van der Waals surface area contributed by atoms with E-state index < -0.39 is 0 Å². The van der Waals surface area contributed by atoms with Crippen molar-refractivity contribution in [2.24, 2.45) is 5.10 Å². The number of furan rings is 2. The van der Waals surface area contributed by atoms with Crippen LogP contribution in [0.1, 0.15) is 37.3 Å². The molecule has 0 aliphatic carbocycles. The van der Waals surface area contributed by atoms with Crippen molar-refractivity contribution in [3.63, 3.8) is 0 Å². The molecular weight excluding hydrogens is 310 g/mol. The summed E-state index contributed by atoms with van der Waals surface area (Å²) in [6.45, 7) is 1.73. The number of likely N-dealkylation sites (N-methyl/N-ethyl adjacent to an activating group) is 1. The molecule has 0 bridgehead atoms. The Labute approximate surface area is 139 Å². The van der Waals surface area contributed by atoms with Crippen LogP contribution in [-0.4, -0.2) is 41.0 Å². The first-order valence-electron chi connectivity index (χ1n) is 7.81. The normalized spacial score (nSPS) is 17.0. The van der Waals surface area contributed by atoms with Crippen molar-refractivity contribution in [1.29, 1.82) is 0 Å². The maximum atomic E-state index is 12.6. The van der Waals surface area contributed by atoms with Gasteiger partial charge in [0.1, 0.15) is 29.8 Å². The van der Waals surface area contributed by atoms with Gasteiger partial charge in [-0.1, -0.05) is 6.92 Å². The van der Waals surface area contributed by atoms with Crippen LogP contribution in [0.15, 0.2) is 50.7 Å². The van der Waals surface area contributed by atoms with Gasteiger partial charge in [0.25, 0.3) is 5.91 Å². The van der Waals surface area contributed by atoms with Gasteiger partial charge >= 0.3 is 0 Å². The highest BCUT2D eigenvalue weighted by Crippen LogP contribution is 2.33. The number of rotatable bonds is 5. The predicted molar refractivity (Wildman–Crippen MR) is 86.1 cm³/mol. The molecule has 0 N–H and O–H groups in total. The van der Waals surface area contributed by atoms with Crippen LogP contribution in [0.5, 0.6) is 0 Å². The summed E-state index contributed by atoms with van der Waals surface area (Å²) in [5.41, 5.74) is 0.680. The van der Waals surface area contributed by atoms with Crippen molar-refractivity contribution in [3.05, 3.63) is 48.3 Å². The van der Waals surface area contributed by atoms with Crippen LogP contribution in [0.3, 0.4) is 0 Å². The van der Waals surface area contributed by atoms with E-state index in [-0.39, 0.29) is 24.4 Å². The maximum absolute atomic E-state index is 12.6. The highest BCUT2D eigenvalue weighted by atomic mass is 16.3. The molecule has 2 aromatic rings. The number of carbonyl (C=O) groups excluding carboxylic acids is 2. The molecule has 2 aromatic heterocycles. The fraction of sp³-hybridized carbons (Fsp3) is 0.353. The van der Waals surface area contributed by atoms with Gasteiger partial charge in [0.05, 0.1) is 12.5 Å². The summed E-state index contributed by atoms with van der Waals surface area (Å²) >= 11 is 0. The predicted octanol–water partition coefficient (Wildman–Crippen LogP) is 2.42. The van der Waals surface area contributed by atoms with Gasteiger partial charge in [-0.25, -0.2) is 5.01 Å². The molecule has 0 radical (unpaired) electrons. The molecule has 0 saturated heterocycles. The summed E-state index contributed by atoms with van der Waals surface area (Å²) < 4.78 is 10.8. The van der Waals surface area contributed by atoms with Gasteiger partial charge in [-0.05, 0) is 24.3 Å². The molecule has 2 amide bonds. The van der Waals surface area contributed by atoms with Crippen LogP contribution in [-0.2, 0) is 9.59 Å². The zero-order chi connectivity index (χ0) is 17.1. The lowest BCUT2D eigenvalue weighted by Gasteiger charge is -2.23. The minimum Gasteiger partial charge on any atom is -0.467 e. The molecule has 0 spiro atoms. The van der Waals surface area contributed by atoms with E-state index in [4.69, 9.17) is 8.83 Å². The number of hydrogen-bond acceptors (Lipinski definition) is 5. The quantitative estimate of drug-likeness (QED) is 0.844. The van der Waals surface area contributed by atoms with E-state index >= 15 is 0 Å². The first kappa shape index (κ1) is 16.0. The van der Waals surface area contributed by atoms with Crippen LogP contribution in [0.25, 0.3) is 0 Å². The molecular formula is C17H19N3O4. The molecule has 7 nitrogen and oxygen atoms in total. The Morgan fingerprint density at radius 2 is 2.04 bits per heavy atom. The molecule has 3 rings (SSSR count). The van der Waals surface area contributed by atoms with Crippen molar-refractivity contribution in [2.75, 3.05) is 13.6 Å². The number of amides is 2. The van der Waals surface area contributed by atoms with E-state index in [1.807, 2.05) is 6.07 Å². The van der Waals surface area contributed by atoms with Crippen molar-refractivity contribution >= 4 is 17.5 Å². The molecule has 1 aliphatic heterocycles. The summed E-state index contributed by atoms with van der Waals surface area (Å²) in [6.07, 6.45) is 3.98. The van der Waals surface area contributed by atoms with E-state index in [2.05, 4.69) is 5.10 Å². The molecule has 7 heteroatoms. The van der Waals surface area contributed by atoms with Gasteiger partial charge < -0.3 is 13.7 Å². The van der Waals surface area contributed by atoms with Crippen LogP contribution in [0.2, 0.25) is 0 Å². The molecule has 1 atom stereocenters. The molecule has 0 saturated carbocycles. The van der Waals surface area contributed by atoms with Gasteiger partial charge in [-0.15, -0.1) is 0 Å². The fourth-order valence-electron chi connectivity index (χ4n) is 2.67. The SMILES string of the molecule is CCC(=O)N(C)CC(=O)N1N=C(c2ccco2)C[C@H]1c1ccco1. The Hall–Kier alpha value is -2.83. The van der Waals surface area contributed by atoms with Gasteiger partial charge in [0.15, 0.2) is 0 Å². The van der Waals surface area contributed by atoms with E-state index in [1.54, 1.807) is 44.7 Å². The molecule has 3 heterocycles. The Kier molecular flexibility index (Phi) is 4.50. The Bertz CT molecular complexity index is 734. The fourth-order valence-corrected chi connectivity index (χ4v) is 2.67. The highest BCUT2D eigenvalue weighted by Gasteiger charge is 2.36. The summed E-state index contributed by atoms with van der Waals surface area (Å²) in [4.78, 5) is 25.8. The summed E-state index contributed by atoms with van der Waals surface area (Å²) in [7, 11) is 1.61. The van der Waals surface area contributed by atoms with Crippen molar-refractivity contribution in [3.8, 4) is 0 Å². The van der Waals surface area contributed by atoms with E-state index in [1.165, 1.54) is 9.91 Å². The smallest absolute Gasteiger partial charge is 0.262 e. The zero-order valence-electron chi connectivity index (χ0n) is 13.6. The standard InChI is InChI=1S/C17H19N3O4/c1-3-16(21)19(2)11-17(22)20-13(15-7-5-9-24-15)10-12(18-20)14-6-4-8-23-14/h4-9,13H,3,10-11H2,1-2H3/t13-/m0/s1. The van der Waals surface area contributed by atoms with Gasteiger partial charge in [0, 0.05) is 19.9 Å². The lowest BCUT2D eigenvalue weighted by molar-refractivity contribution is -0.140. The van der Waals surface area contributed by atoms with Gasteiger partial charge in [0.2, 0.25) is 5.91 Å². The third kappa shape index (κ3) is 3.10. The zero-order valence-corrected chi connectivity index (χ0v) is 13.6. The molecule has 0 aromatic carbocycles. The van der Waals surface area contributed by atoms with E-state index in [9.17, 15) is 9.59 Å². The monoisotopic (exact) mass is 329 g/mol. The number of nitrogens with zero attached hydrogens (tertiary/aromatic N) is 3. The minimum absolute atomic E-state index is 0.0290.